The Bertz CT molecular complexity index is 510. The highest BCUT2D eigenvalue weighted by Crippen LogP contribution is 2.27. The molecule has 0 bridgehead atoms. The lowest BCUT2D eigenvalue weighted by molar-refractivity contribution is -0.109. The van der Waals surface area contributed by atoms with E-state index in [-0.39, 0.29) is 5.92 Å². The van der Waals surface area contributed by atoms with Gasteiger partial charge in [0.2, 0.25) is 0 Å². The normalized spacial score (nSPS) is 13.3. The van der Waals surface area contributed by atoms with Crippen LogP contribution in [-0.2, 0) is 4.79 Å². The fourth-order valence-electron chi connectivity index (χ4n) is 2.53. The van der Waals surface area contributed by atoms with Gasteiger partial charge in [0.25, 0.3) is 0 Å². The Morgan fingerprint density at radius 3 is 2.50 bits per heavy atom. The first-order chi connectivity index (χ1) is 10.4. The maximum atomic E-state index is 11.4. The molecule has 0 amide bonds. The van der Waals surface area contributed by atoms with Crippen LogP contribution in [0.25, 0.3) is 0 Å². The van der Waals surface area contributed by atoms with E-state index in [0.29, 0.717) is 5.92 Å². The van der Waals surface area contributed by atoms with Gasteiger partial charge in [0.15, 0.2) is 7.28 Å². The van der Waals surface area contributed by atoms with E-state index in [2.05, 4.69) is 57.7 Å². The highest BCUT2D eigenvalue weighted by molar-refractivity contribution is 6.54. The zero-order valence-corrected chi connectivity index (χ0v) is 14.7. The van der Waals surface area contributed by atoms with Crippen LogP contribution in [0, 0.1) is 5.92 Å². The molecule has 0 fully saturated rings. The van der Waals surface area contributed by atoms with E-state index in [1.807, 2.05) is 14.1 Å². The average Bonchev–Trinajstić information content (AvgIpc) is 2.52. The van der Waals surface area contributed by atoms with Gasteiger partial charge in [0, 0.05) is 25.7 Å². The Balaban J connectivity index is 2.96. The summed E-state index contributed by atoms with van der Waals surface area (Å²) in [7, 11) is 6.25. The van der Waals surface area contributed by atoms with Crippen LogP contribution < -0.4 is 10.4 Å². The number of hydrogen-bond acceptors (Lipinski definition) is 2. The van der Waals surface area contributed by atoms with E-state index in [4.69, 9.17) is 0 Å². The number of nitrogens with zero attached hydrogens (tertiary/aromatic N) is 1. The summed E-state index contributed by atoms with van der Waals surface area (Å²) in [6.45, 7) is 10.6. The van der Waals surface area contributed by atoms with E-state index in [1.165, 1.54) is 11.0 Å². The first-order valence-electron chi connectivity index (χ1n) is 8.21. The van der Waals surface area contributed by atoms with E-state index < -0.39 is 0 Å². The number of aldehydes is 1. The molecule has 0 aliphatic rings. The molecular formula is C19H29BNO. The van der Waals surface area contributed by atoms with Crippen LogP contribution in [0.15, 0.2) is 30.4 Å². The molecule has 0 saturated heterocycles. The number of carbonyl (C=O) groups is 1. The Labute approximate surface area is 136 Å². The molecule has 0 heterocycles. The molecule has 2 atom stereocenters. The van der Waals surface area contributed by atoms with Crippen molar-refractivity contribution in [1.29, 1.82) is 0 Å². The summed E-state index contributed by atoms with van der Waals surface area (Å²) in [6, 6.07) is 6.39. The van der Waals surface area contributed by atoms with E-state index in [9.17, 15) is 4.79 Å². The SMILES string of the molecule is C=C(C[B]c1ccc(N(C)C)c(C(C=O)CC)c1)C(C)CC. The second-order valence-electron chi connectivity index (χ2n) is 6.24. The molecule has 0 aromatic heterocycles. The van der Waals surface area contributed by atoms with Crippen molar-refractivity contribution < 1.29 is 4.79 Å². The summed E-state index contributed by atoms with van der Waals surface area (Å²) < 4.78 is 0. The molecule has 0 N–H and O–H groups in total. The molecule has 0 spiro atoms. The molecule has 1 radical (unpaired) electrons. The maximum Gasteiger partial charge on any atom is 0.155 e. The van der Waals surface area contributed by atoms with Crippen LogP contribution in [0.4, 0.5) is 5.69 Å². The van der Waals surface area contributed by atoms with Crippen LogP contribution in [0.2, 0.25) is 6.32 Å². The predicted molar refractivity (Wildman–Crippen MR) is 98.7 cm³/mol. The molecule has 3 heteroatoms. The van der Waals surface area contributed by atoms with Crippen molar-refractivity contribution in [2.75, 3.05) is 19.0 Å². The number of allylic oxidation sites excluding steroid dienone is 1. The van der Waals surface area contributed by atoms with Crippen molar-refractivity contribution in [3.8, 4) is 0 Å². The predicted octanol–water partition coefficient (Wildman–Crippen LogP) is 3.80. The molecule has 0 saturated carbocycles. The molecule has 1 aromatic rings. The number of anilines is 1. The smallest absolute Gasteiger partial charge is 0.155 e. The maximum absolute atomic E-state index is 11.4. The Hall–Kier alpha value is -1.51. The summed E-state index contributed by atoms with van der Waals surface area (Å²) in [6.07, 6.45) is 3.91. The first-order valence-corrected chi connectivity index (χ1v) is 8.21. The van der Waals surface area contributed by atoms with Gasteiger partial charge in [-0.3, -0.25) is 0 Å². The van der Waals surface area contributed by atoms with Gasteiger partial charge in [0.05, 0.1) is 0 Å². The van der Waals surface area contributed by atoms with E-state index in [0.717, 1.165) is 36.7 Å². The van der Waals surface area contributed by atoms with Gasteiger partial charge >= 0.3 is 0 Å². The Kier molecular flexibility index (Phi) is 7.44. The summed E-state index contributed by atoms with van der Waals surface area (Å²) in [5.74, 6) is 0.513. The van der Waals surface area contributed by atoms with Gasteiger partial charge < -0.3 is 9.69 Å². The molecule has 119 valence electrons. The summed E-state index contributed by atoms with van der Waals surface area (Å²) in [5, 5.41) is 0. The number of benzene rings is 1. The van der Waals surface area contributed by atoms with Gasteiger partial charge in [-0.05, 0) is 30.4 Å². The number of rotatable bonds is 9. The van der Waals surface area contributed by atoms with Gasteiger partial charge in [-0.1, -0.05) is 50.3 Å². The topological polar surface area (TPSA) is 20.3 Å². The van der Waals surface area contributed by atoms with Crippen molar-refractivity contribution in [2.24, 2.45) is 5.92 Å². The van der Waals surface area contributed by atoms with Crippen LogP contribution in [0.1, 0.15) is 45.1 Å². The second kappa shape index (κ2) is 8.82. The minimum Gasteiger partial charge on any atom is -0.377 e. The summed E-state index contributed by atoms with van der Waals surface area (Å²) >= 11 is 0. The third kappa shape index (κ3) is 4.76. The van der Waals surface area contributed by atoms with Crippen LogP contribution in [0.3, 0.4) is 0 Å². The summed E-state index contributed by atoms with van der Waals surface area (Å²) in [5.41, 5.74) is 4.68. The molecular weight excluding hydrogens is 269 g/mol. The third-order valence-electron chi connectivity index (χ3n) is 4.45. The average molecular weight is 298 g/mol. The molecule has 0 aliphatic carbocycles. The first kappa shape index (κ1) is 18.5. The van der Waals surface area contributed by atoms with Crippen molar-refractivity contribution in [3.63, 3.8) is 0 Å². The standard InChI is InChI=1S/C19H29BNO/c1-7-14(3)15(4)12-20-17-9-10-19(21(5)6)18(11-17)16(8-2)13-22/h9-11,13-14,16H,4,7-8,12H2,1-3,5-6H3. The molecule has 1 rings (SSSR count). The third-order valence-corrected chi connectivity index (χ3v) is 4.45. The van der Waals surface area contributed by atoms with E-state index >= 15 is 0 Å². The minimum absolute atomic E-state index is 0.0384. The minimum atomic E-state index is -0.0384. The monoisotopic (exact) mass is 298 g/mol. The molecule has 2 nitrogen and oxygen atoms in total. The zero-order chi connectivity index (χ0) is 16.7. The zero-order valence-electron chi connectivity index (χ0n) is 14.7. The van der Waals surface area contributed by atoms with Gasteiger partial charge in [0.1, 0.15) is 6.29 Å². The van der Waals surface area contributed by atoms with Gasteiger partial charge in [-0.2, -0.15) is 0 Å². The van der Waals surface area contributed by atoms with Crippen molar-refractivity contribution >= 4 is 24.7 Å². The lowest BCUT2D eigenvalue weighted by atomic mass is 9.63. The van der Waals surface area contributed by atoms with Crippen LogP contribution >= 0.6 is 0 Å². The highest BCUT2D eigenvalue weighted by atomic mass is 16.1. The van der Waals surface area contributed by atoms with Crippen LogP contribution in [0.5, 0.6) is 0 Å². The van der Waals surface area contributed by atoms with Gasteiger partial charge in [-0.25, -0.2) is 0 Å². The second-order valence-corrected chi connectivity index (χ2v) is 6.24. The van der Waals surface area contributed by atoms with Crippen molar-refractivity contribution in [1.82, 2.24) is 0 Å². The number of carbonyl (C=O) groups excluding carboxylic acids is 1. The molecule has 2 unspecified atom stereocenters. The lowest BCUT2D eigenvalue weighted by Crippen LogP contribution is -2.20. The molecule has 22 heavy (non-hydrogen) atoms. The highest BCUT2D eigenvalue weighted by Gasteiger charge is 2.15. The largest absolute Gasteiger partial charge is 0.377 e. The van der Waals surface area contributed by atoms with Crippen molar-refractivity contribution in [2.45, 2.75) is 45.9 Å². The van der Waals surface area contributed by atoms with E-state index in [1.54, 1.807) is 0 Å². The lowest BCUT2D eigenvalue weighted by Gasteiger charge is -2.21. The van der Waals surface area contributed by atoms with Crippen molar-refractivity contribution in [3.05, 3.63) is 35.9 Å². The summed E-state index contributed by atoms with van der Waals surface area (Å²) in [4.78, 5) is 13.4. The molecule has 1 aromatic carbocycles. The fraction of sp³-hybridized carbons (Fsp3) is 0.526. The van der Waals surface area contributed by atoms with Gasteiger partial charge in [-0.15, -0.1) is 6.58 Å². The number of hydrogen-bond donors (Lipinski definition) is 0. The Morgan fingerprint density at radius 2 is 2.00 bits per heavy atom. The quantitative estimate of drug-likeness (QED) is 0.393. The molecule has 0 aliphatic heterocycles. The van der Waals surface area contributed by atoms with Crippen LogP contribution in [-0.4, -0.2) is 27.7 Å². The fourth-order valence-corrected chi connectivity index (χ4v) is 2.53. The Morgan fingerprint density at radius 1 is 1.32 bits per heavy atom.